The van der Waals surface area contributed by atoms with Gasteiger partial charge in [0.25, 0.3) is 0 Å². The van der Waals surface area contributed by atoms with Crippen LogP contribution in [0.4, 0.5) is 4.48 Å². The van der Waals surface area contributed by atoms with E-state index in [1.165, 1.54) is 0 Å². The van der Waals surface area contributed by atoms with Crippen LogP contribution in [-0.2, 0) is 10.8 Å². The molecule has 0 aliphatic heterocycles. The van der Waals surface area contributed by atoms with Crippen molar-refractivity contribution in [3.63, 3.8) is 0 Å². The summed E-state index contributed by atoms with van der Waals surface area (Å²) in [6, 6.07) is 5.61. The predicted octanol–water partition coefficient (Wildman–Crippen LogP) is 3.30. The van der Waals surface area contributed by atoms with Crippen LogP contribution in [0.5, 0.6) is 0 Å². The molecule has 2 heteroatoms. The van der Waals surface area contributed by atoms with Crippen LogP contribution < -0.4 is 4.79 Å². The minimum absolute atomic E-state index is 0.171. The van der Waals surface area contributed by atoms with E-state index in [0.717, 1.165) is 16.2 Å². The summed E-state index contributed by atoms with van der Waals surface area (Å²) in [5.74, 6) is 0. The average Bonchev–Trinajstić information content (AvgIpc) is 1.99. The quantitative estimate of drug-likeness (QED) is 0.618. The number of halogens is 1. The molecule has 1 heterocycles. The Morgan fingerprint density at radius 2 is 1.20 bits per heavy atom. The van der Waals surface area contributed by atoms with Crippen LogP contribution in [0.25, 0.3) is 0 Å². The first-order valence-corrected chi connectivity index (χ1v) is 5.36. The molecule has 0 aliphatic carbocycles. The van der Waals surface area contributed by atoms with Gasteiger partial charge in [-0.25, -0.2) is 0 Å². The van der Waals surface area contributed by atoms with Gasteiger partial charge in [-0.15, -0.1) is 0 Å². The molecule has 0 aromatic carbocycles. The van der Waals surface area contributed by atoms with Gasteiger partial charge in [-0.3, -0.25) is 0 Å². The third-order valence-electron chi connectivity index (χ3n) is 2.47. The van der Waals surface area contributed by atoms with Crippen molar-refractivity contribution in [2.75, 3.05) is 0 Å². The number of hydrogen-bond acceptors (Lipinski definition) is 0. The van der Waals surface area contributed by atoms with E-state index in [0.29, 0.717) is 0 Å². The van der Waals surface area contributed by atoms with Crippen LogP contribution in [0.3, 0.4) is 0 Å². The second-order valence-corrected chi connectivity index (χ2v) is 6.08. The Bertz CT molecular complexity index is 324. The standard InChI is InChI=1S/C13H21FN/c1-12(2,3)10-8-7-9-11(15(10)14)13(4,5)6/h7-9H,1-6H3/q+1. The van der Waals surface area contributed by atoms with Crippen molar-refractivity contribution in [3.8, 4) is 0 Å². The van der Waals surface area contributed by atoms with Gasteiger partial charge in [0.15, 0.2) is 0 Å². The van der Waals surface area contributed by atoms with E-state index in [2.05, 4.69) is 0 Å². The smallest absolute Gasteiger partial charge is 0.0501 e. The Labute approximate surface area is 91.9 Å². The van der Waals surface area contributed by atoms with Crippen molar-refractivity contribution < 1.29 is 9.27 Å². The molecule has 0 radical (unpaired) electrons. The molecule has 0 atom stereocenters. The number of pyridine rings is 1. The van der Waals surface area contributed by atoms with E-state index in [9.17, 15) is 4.48 Å². The Balaban J connectivity index is 3.37. The van der Waals surface area contributed by atoms with E-state index in [1.807, 2.05) is 59.7 Å². The van der Waals surface area contributed by atoms with Crippen LogP contribution >= 0.6 is 0 Å². The summed E-state index contributed by atoms with van der Waals surface area (Å²) in [6.07, 6.45) is 0. The maximum atomic E-state index is 14.2. The molecule has 1 nitrogen and oxygen atoms in total. The molecule has 0 bridgehead atoms. The fourth-order valence-electron chi connectivity index (χ4n) is 1.58. The van der Waals surface area contributed by atoms with E-state index in [-0.39, 0.29) is 10.8 Å². The van der Waals surface area contributed by atoms with Crippen molar-refractivity contribution >= 4 is 0 Å². The highest BCUT2D eigenvalue weighted by atomic mass is 19.2. The van der Waals surface area contributed by atoms with Gasteiger partial charge >= 0.3 is 0 Å². The van der Waals surface area contributed by atoms with Gasteiger partial charge in [-0.2, -0.15) is 0 Å². The molecule has 1 rings (SSSR count). The molecule has 0 saturated heterocycles. The Morgan fingerprint density at radius 1 is 0.867 bits per heavy atom. The minimum atomic E-state index is -0.171. The van der Waals surface area contributed by atoms with Gasteiger partial charge in [0.2, 0.25) is 11.4 Å². The molecule has 0 spiro atoms. The lowest BCUT2D eigenvalue weighted by Crippen LogP contribution is -2.43. The number of rotatable bonds is 0. The number of aromatic nitrogens is 1. The third kappa shape index (κ3) is 2.55. The summed E-state index contributed by atoms with van der Waals surface area (Å²) in [5.41, 5.74) is 1.09. The van der Waals surface area contributed by atoms with Crippen LogP contribution in [0, 0.1) is 0 Å². The lowest BCUT2D eigenvalue weighted by Gasteiger charge is -2.17. The highest BCUT2D eigenvalue weighted by Crippen LogP contribution is 2.23. The summed E-state index contributed by atoms with van der Waals surface area (Å²) in [5, 5.41) is 0. The summed E-state index contributed by atoms with van der Waals surface area (Å²) in [6.45, 7) is 12.1. The SMILES string of the molecule is CC(C)(C)c1cccc(C(C)(C)C)[n+]1F. The summed E-state index contributed by atoms with van der Waals surface area (Å²) in [7, 11) is 0. The van der Waals surface area contributed by atoms with Crippen LogP contribution in [0.15, 0.2) is 18.2 Å². The molecular weight excluding hydrogens is 189 g/mol. The topological polar surface area (TPSA) is 3.88 Å². The van der Waals surface area contributed by atoms with Gasteiger partial charge in [0, 0.05) is 16.9 Å². The lowest BCUT2D eigenvalue weighted by atomic mass is 9.88. The largest absolute Gasteiger partial charge is 0.235 e. The molecule has 0 N–H and O–H groups in total. The zero-order chi connectivity index (χ0) is 11.9. The van der Waals surface area contributed by atoms with E-state index < -0.39 is 0 Å². The van der Waals surface area contributed by atoms with Gasteiger partial charge in [-0.05, 0) is 6.07 Å². The van der Waals surface area contributed by atoms with Crippen molar-refractivity contribution in [2.24, 2.45) is 0 Å². The molecule has 15 heavy (non-hydrogen) atoms. The summed E-state index contributed by atoms with van der Waals surface area (Å²) >= 11 is 0. The summed E-state index contributed by atoms with van der Waals surface area (Å²) in [4.78, 5) is 0.833. The number of hydrogen-bond donors (Lipinski definition) is 0. The van der Waals surface area contributed by atoms with Gasteiger partial charge in [-0.1, -0.05) is 41.5 Å². The van der Waals surface area contributed by atoms with Crippen molar-refractivity contribution in [1.82, 2.24) is 0 Å². The minimum Gasteiger partial charge on any atom is -0.0501 e. The molecule has 0 unspecified atom stereocenters. The van der Waals surface area contributed by atoms with Crippen LogP contribution in [0.1, 0.15) is 52.9 Å². The van der Waals surface area contributed by atoms with Gasteiger partial charge in [0.1, 0.15) is 0 Å². The normalized spacial score (nSPS) is 13.0. The first-order chi connectivity index (χ1) is 6.64. The average molecular weight is 210 g/mol. The lowest BCUT2D eigenvalue weighted by molar-refractivity contribution is -0.858. The fourth-order valence-corrected chi connectivity index (χ4v) is 1.58. The predicted molar refractivity (Wildman–Crippen MR) is 60.5 cm³/mol. The maximum absolute atomic E-state index is 14.2. The van der Waals surface area contributed by atoms with Crippen LogP contribution in [0.2, 0.25) is 0 Å². The molecule has 0 fully saturated rings. The van der Waals surface area contributed by atoms with E-state index in [1.54, 1.807) is 0 Å². The van der Waals surface area contributed by atoms with Gasteiger partial charge in [0.05, 0.1) is 15.3 Å². The molecule has 1 aromatic rings. The zero-order valence-electron chi connectivity index (χ0n) is 10.6. The highest BCUT2D eigenvalue weighted by molar-refractivity contribution is 5.14. The first-order valence-electron chi connectivity index (χ1n) is 5.36. The number of nitrogens with zero attached hydrogens (tertiary/aromatic N) is 1. The molecular formula is C13H21FN+. The maximum Gasteiger partial charge on any atom is 0.235 e. The van der Waals surface area contributed by atoms with E-state index in [4.69, 9.17) is 0 Å². The molecule has 0 amide bonds. The molecule has 1 aromatic heterocycles. The van der Waals surface area contributed by atoms with Crippen molar-refractivity contribution in [3.05, 3.63) is 29.6 Å². The molecule has 0 aliphatic rings. The fraction of sp³-hybridized carbons (Fsp3) is 0.615. The summed E-state index contributed by atoms with van der Waals surface area (Å²) < 4.78 is 14.2. The van der Waals surface area contributed by atoms with Crippen molar-refractivity contribution in [1.29, 1.82) is 0 Å². The Morgan fingerprint density at radius 3 is 1.47 bits per heavy atom. The molecule has 84 valence electrons. The second-order valence-electron chi connectivity index (χ2n) is 6.08. The zero-order valence-corrected chi connectivity index (χ0v) is 10.6. The van der Waals surface area contributed by atoms with Crippen LogP contribution in [-0.4, -0.2) is 0 Å². The van der Waals surface area contributed by atoms with Crippen molar-refractivity contribution in [2.45, 2.75) is 52.4 Å². The Hall–Kier alpha value is -0.920. The van der Waals surface area contributed by atoms with E-state index >= 15 is 0 Å². The molecule has 0 saturated carbocycles. The monoisotopic (exact) mass is 210 g/mol. The Kier molecular flexibility index (Phi) is 2.90. The first kappa shape index (κ1) is 12.2. The third-order valence-corrected chi connectivity index (χ3v) is 2.47. The van der Waals surface area contributed by atoms with Gasteiger partial charge < -0.3 is 0 Å². The highest BCUT2D eigenvalue weighted by Gasteiger charge is 2.33. The second kappa shape index (κ2) is 3.58.